The number of carbonyl (C=O) groups is 1. The van der Waals surface area contributed by atoms with Crippen molar-refractivity contribution < 1.29 is 14.6 Å². The second kappa shape index (κ2) is 4.41. The Balaban J connectivity index is 1.78. The van der Waals surface area contributed by atoms with Crippen LogP contribution >= 0.6 is 0 Å². The Morgan fingerprint density at radius 1 is 1.26 bits per heavy atom. The van der Waals surface area contributed by atoms with Gasteiger partial charge in [-0.15, -0.1) is 6.58 Å². The van der Waals surface area contributed by atoms with E-state index in [1.807, 2.05) is 6.08 Å². The van der Waals surface area contributed by atoms with Crippen LogP contribution in [-0.4, -0.2) is 22.8 Å². The van der Waals surface area contributed by atoms with Crippen LogP contribution < -0.4 is 0 Å². The molecular weight excluding hydrogens is 288 g/mol. The highest BCUT2D eigenvalue weighted by Crippen LogP contribution is 2.69. The van der Waals surface area contributed by atoms with Crippen LogP contribution in [0.5, 0.6) is 0 Å². The number of esters is 1. The first-order valence-electron chi connectivity index (χ1n) is 9.24. The van der Waals surface area contributed by atoms with Gasteiger partial charge in [0.15, 0.2) is 0 Å². The van der Waals surface area contributed by atoms with Gasteiger partial charge in [0, 0.05) is 12.3 Å². The molecule has 3 aliphatic carbocycles. The molecule has 3 saturated carbocycles. The first kappa shape index (κ1) is 15.7. The van der Waals surface area contributed by atoms with E-state index < -0.39 is 5.60 Å². The van der Waals surface area contributed by atoms with Gasteiger partial charge in [-0.25, -0.2) is 0 Å². The van der Waals surface area contributed by atoms with Gasteiger partial charge in [-0.2, -0.15) is 0 Å². The minimum absolute atomic E-state index is 0.00493. The summed E-state index contributed by atoms with van der Waals surface area (Å²) in [5, 5.41) is 11.6. The van der Waals surface area contributed by atoms with Crippen LogP contribution in [0, 0.1) is 28.1 Å². The molecule has 0 unspecified atom stereocenters. The molecule has 1 saturated heterocycles. The fraction of sp³-hybridized carbons (Fsp3) is 0.850. The minimum Gasteiger partial charge on any atom is -0.461 e. The van der Waals surface area contributed by atoms with Gasteiger partial charge in [0.05, 0.1) is 11.0 Å². The number of hydrogen-bond acceptors (Lipinski definition) is 3. The average molecular weight is 318 g/mol. The Hall–Kier alpha value is -0.830. The number of allylic oxidation sites excluding steroid dienone is 1. The van der Waals surface area contributed by atoms with Gasteiger partial charge >= 0.3 is 5.97 Å². The van der Waals surface area contributed by atoms with Crippen molar-refractivity contribution in [2.75, 3.05) is 0 Å². The molecule has 0 radical (unpaired) electrons. The number of fused-ring (bicyclic) bond motifs is 2. The Labute approximate surface area is 139 Å². The molecule has 128 valence electrons. The average Bonchev–Trinajstić information content (AvgIpc) is 2.70. The Bertz CT molecular complexity index is 571. The van der Waals surface area contributed by atoms with Crippen LogP contribution in [0.1, 0.15) is 65.7 Å². The number of aliphatic hydroxyl groups is 1. The highest BCUT2D eigenvalue weighted by Gasteiger charge is 2.71. The van der Waals surface area contributed by atoms with E-state index in [9.17, 15) is 9.90 Å². The van der Waals surface area contributed by atoms with Crippen LogP contribution in [0.4, 0.5) is 0 Å². The third-order valence-corrected chi connectivity index (χ3v) is 8.11. The van der Waals surface area contributed by atoms with E-state index in [4.69, 9.17) is 4.74 Å². The second-order valence-electron chi connectivity index (χ2n) is 9.63. The fourth-order valence-electron chi connectivity index (χ4n) is 7.16. The van der Waals surface area contributed by atoms with Crippen LogP contribution in [0.15, 0.2) is 12.7 Å². The predicted molar refractivity (Wildman–Crippen MR) is 88.6 cm³/mol. The first-order valence-corrected chi connectivity index (χ1v) is 9.24. The fourth-order valence-corrected chi connectivity index (χ4v) is 7.16. The predicted octanol–water partition coefficient (Wildman–Crippen LogP) is 3.85. The topological polar surface area (TPSA) is 46.5 Å². The lowest BCUT2D eigenvalue weighted by Crippen LogP contribution is -2.64. The maximum Gasteiger partial charge on any atom is 0.312 e. The van der Waals surface area contributed by atoms with Gasteiger partial charge in [-0.1, -0.05) is 26.3 Å². The molecule has 0 aromatic rings. The highest BCUT2D eigenvalue weighted by atomic mass is 16.6. The molecule has 0 amide bonds. The molecule has 7 atom stereocenters. The van der Waals surface area contributed by atoms with Crippen molar-refractivity contribution in [1.82, 2.24) is 0 Å². The van der Waals surface area contributed by atoms with E-state index in [0.717, 1.165) is 38.5 Å². The lowest BCUT2D eigenvalue weighted by Gasteiger charge is -2.63. The summed E-state index contributed by atoms with van der Waals surface area (Å²) in [6.07, 6.45) is 8.51. The van der Waals surface area contributed by atoms with Crippen molar-refractivity contribution in [3.05, 3.63) is 12.7 Å². The third kappa shape index (κ3) is 1.83. The molecule has 0 aromatic carbocycles. The maximum atomic E-state index is 12.6. The molecule has 1 aliphatic heterocycles. The van der Waals surface area contributed by atoms with E-state index in [1.165, 1.54) is 0 Å². The molecule has 0 bridgehead atoms. The van der Waals surface area contributed by atoms with Gasteiger partial charge in [0.25, 0.3) is 0 Å². The Kier molecular flexibility index (Phi) is 3.01. The molecule has 1 N–H and O–H groups in total. The van der Waals surface area contributed by atoms with Crippen molar-refractivity contribution in [3.63, 3.8) is 0 Å². The molecule has 0 spiro atoms. The molecule has 3 heteroatoms. The number of rotatable bonds is 1. The summed E-state index contributed by atoms with van der Waals surface area (Å²) < 4.78 is 5.84. The monoisotopic (exact) mass is 318 g/mol. The molecule has 4 aliphatic rings. The zero-order valence-electron chi connectivity index (χ0n) is 14.7. The van der Waals surface area contributed by atoms with Crippen molar-refractivity contribution in [3.8, 4) is 0 Å². The number of hydrogen-bond donors (Lipinski definition) is 1. The number of carbonyl (C=O) groups excluding carboxylic acids is 1. The highest BCUT2D eigenvalue weighted by molar-refractivity contribution is 5.80. The van der Waals surface area contributed by atoms with Crippen LogP contribution in [-0.2, 0) is 9.53 Å². The molecular formula is C20H30O3. The Morgan fingerprint density at radius 3 is 2.70 bits per heavy atom. The summed E-state index contributed by atoms with van der Waals surface area (Å²) in [7, 11) is 0. The first-order chi connectivity index (χ1) is 10.7. The van der Waals surface area contributed by atoms with E-state index in [0.29, 0.717) is 6.42 Å². The normalized spacial score (nSPS) is 58.1. The van der Waals surface area contributed by atoms with Crippen LogP contribution in [0.2, 0.25) is 0 Å². The Morgan fingerprint density at radius 2 is 2.00 bits per heavy atom. The van der Waals surface area contributed by atoms with Crippen LogP contribution in [0.25, 0.3) is 0 Å². The summed E-state index contributed by atoms with van der Waals surface area (Å²) >= 11 is 0. The minimum atomic E-state index is -0.722. The largest absolute Gasteiger partial charge is 0.461 e. The quantitative estimate of drug-likeness (QED) is 0.590. The molecule has 4 rings (SSSR count). The summed E-state index contributed by atoms with van der Waals surface area (Å²) in [5.74, 6) is 0.528. The van der Waals surface area contributed by atoms with Crippen molar-refractivity contribution in [2.45, 2.75) is 77.4 Å². The van der Waals surface area contributed by atoms with E-state index in [1.54, 1.807) is 0 Å². The lowest BCUT2D eigenvalue weighted by atomic mass is 9.42. The van der Waals surface area contributed by atoms with Gasteiger partial charge in [-0.3, -0.25) is 4.79 Å². The van der Waals surface area contributed by atoms with Gasteiger partial charge < -0.3 is 9.84 Å². The van der Waals surface area contributed by atoms with E-state index in [2.05, 4.69) is 27.4 Å². The lowest BCUT2D eigenvalue weighted by molar-refractivity contribution is -0.214. The second-order valence-corrected chi connectivity index (χ2v) is 9.63. The van der Waals surface area contributed by atoms with E-state index in [-0.39, 0.29) is 40.2 Å². The molecule has 23 heavy (non-hydrogen) atoms. The summed E-state index contributed by atoms with van der Waals surface area (Å²) in [4.78, 5) is 12.6. The van der Waals surface area contributed by atoms with Gasteiger partial charge in [0.2, 0.25) is 0 Å². The van der Waals surface area contributed by atoms with Crippen LogP contribution in [0.3, 0.4) is 0 Å². The van der Waals surface area contributed by atoms with Gasteiger partial charge in [-0.05, 0) is 55.8 Å². The summed E-state index contributed by atoms with van der Waals surface area (Å²) in [6, 6.07) is 0. The van der Waals surface area contributed by atoms with Crippen molar-refractivity contribution >= 4 is 5.97 Å². The van der Waals surface area contributed by atoms with Gasteiger partial charge in [0.1, 0.15) is 6.10 Å². The standard InChI is InChI=1S/C20H30O3/c1-5-17(2)10-7-14-18(3)8-6-9-19(4)15(18)13(23-16(19)21)11-20(14,22)12-17/h5,13-15,22H,1,6-12H2,2-4H3/t13-,14+,15+,17-,18+,19+,20-/m0/s1. The zero-order valence-corrected chi connectivity index (χ0v) is 14.7. The maximum absolute atomic E-state index is 12.6. The molecule has 1 heterocycles. The summed E-state index contributed by atoms with van der Waals surface area (Å²) in [6.45, 7) is 10.6. The van der Waals surface area contributed by atoms with Crippen molar-refractivity contribution in [2.24, 2.45) is 28.1 Å². The summed E-state index contributed by atoms with van der Waals surface area (Å²) in [5.41, 5.74) is -1.05. The third-order valence-electron chi connectivity index (χ3n) is 8.11. The molecule has 0 aromatic heterocycles. The van der Waals surface area contributed by atoms with E-state index >= 15 is 0 Å². The van der Waals surface area contributed by atoms with Crippen molar-refractivity contribution in [1.29, 1.82) is 0 Å². The molecule has 4 fully saturated rings. The smallest absolute Gasteiger partial charge is 0.312 e. The zero-order chi connectivity index (χ0) is 16.7. The number of ether oxygens (including phenoxy) is 1. The molecule has 3 nitrogen and oxygen atoms in total. The SMILES string of the molecule is C=C[C@@]1(C)CC[C@H]2[C@](O)(C[C@@H]3OC(=O)[C@]4(C)CCC[C@@]2(C)[C@@H]34)C1.